The molecule has 14 heavy (non-hydrogen) atoms. The highest BCUT2D eigenvalue weighted by atomic mass is 35.5. The van der Waals surface area contributed by atoms with E-state index in [1.807, 2.05) is 0 Å². The van der Waals surface area contributed by atoms with Crippen molar-refractivity contribution in [2.24, 2.45) is 0 Å². The molecule has 1 saturated heterocycles. The second-order valence-corrected chi connectivity index (χ2v) is 5.69. The quantitative estimate of drug-likeness (QED) is 0.677. The Morgan fingerprint density at radius 1 is 1.50 bits per heavy atom. The molecule has 0 spiro atoms. The average molecular weight is 243 g/mol. The summed E-state index contributed by atoms with van der Waals surface area (Å²) in [5.74, 6) is 0.0513. The first-order chi connectivity index (χ1) is 6.48. The Labute approximate surface area is 89.4 Å². The van der Waals surface area contributed by atoms with E-state index >= 15 is 0 Å². The van der Waals surface area contributed by atoms with E-state index in [2.05, 4.69) is 0 Å². The van der Waals surface area contributed by atoms with Crippen molar-refractivity contribution < 1.29 is 13.5 Å². The maximum atomic E-state index is 11.7. The van der Waals surface area contributed by atoms with Gasteiger partial charge in [-0.25, -0.2) is 0 Å². The first-order valence-corrected chi connectivity index (χ1v) is 6.37. The molecule has 0 aromatic rings. The van der Waals surface area contributed by atoms with E-state index in [-0.39, 0.29) is 12.4 Å². The van der Waals surface area contributed by atoms with Crippen LogP contribution in [0.25, 0.3) is 0 Å². The van der Waals surface area contributed by atoms with Crippen molar-refractivity contribution in [1.29, 1.82) is 0 Å². The van der Waals surface area contributed by atoms with Crippen molar-refractivity contribution in [1.82, 2.24) is 8.61 Å². The number of alkyl halides is 1. The fourth-order valence-corrected chi connectivity index (χ4v) is 2.94. The predicted molar refractivity (Wildman–Crippen MR) is 54.5 cm³/mol. The van der Waals surface area contributed by atoms with Crippen LogP contribution in [0.5, 0.6) is 0 Å². The molecule has 1 atom stereocenters. The highest BCUT2D eigenvalue weighted by molar-refractivity contribution is 7.86. The number of aliphatic hydroxyl groups is 1. The van der Waals surface area contributed by atoms with Crippen LogP contribution in [0.3, 0.4) is 0 Å². The van der Waals surface area contributed by atoms with Crippen molar-refractivity contribution in [3.63, 3.8) is 0 Å². The highest BCUT2D eigenvalue weighted by Crippen LogP contribution is 2.14. The zero-order valence-electron chi connectivity index (χ0n) is 8.06. The van der Waals surface area contributed by atoms with Gasteiger partial charge >= 0.3 is 0 Å². The fourth-order valence-electron chi connectivity index (χ4n) is 1.37. The van der Waals surface area contributed by atoms with Crippen molar-refractivity contribution in [2.75, 3.05) is 32.6 Å². The second-order valence-electron chi connectivity index (χ2n) is 3.35. The molecular formula is C7H15ClN2O3S. The summed E-state index contributed by atoms with van der Waals surface area (Å²) in [6.45, 7) is 1.08. The van der Waals surface area contributed by atoms with Crippen LogP contribution in [0.1, 0.15) is 6.42 Å². The molecule has 1 heterocycles. The maximum absolute atomic E-state index is 11.7. The average Bonchev–Trinajstić information content (AvgIpc) is 2.13. The number of rotatable bonds is 3. The van der Waals surface area contributed by atoms with E-state index in [9.17, 15) is 13.5 Å². The van der Waals surface area contributed by atoms with Crippen LogP contribution in [0.4, 0.5) is 0 Å². The molecule has 0 bridgehead atoms. The molecule has 0 aliphatic carbocycles. The Kier molecular flexibility index (Phi) is 4.15. The number of β-amino-alcohol motifs (C(OH)–C–C–N with tert-alkyl or cyclic N) is 1. The van der Waals surface area contributed by atoms with Crippen molar-refractivity contribution in [3.05, 3.63) is 0 Å². The van der Waals surface area contributed by atoms with Crippen LogP contribution in [-0.2, 0) is 10.2 Å². The first-order valence-electron chi connectivity index (χ1n) is 4.44. The molecule has 84 valence electrons. The van der Waals surface area contributed by atoms with Gasteiger partial charge in [-0.1, -0.05) is 0 Å². The summed E-state index contributed by atoms with van der Waals surface area (Å²) in [4.78, 5) is 0. The van der Waals surface area contributed by atoms with E-state index in [1.54, 1.807) is 0 Å². The van der Waals surface area contributed by atoms with Crippen LogP contribution < -0.4 is 0 Å². The Morgan fingerprint density at radius 2 is 2.14 bits per heavy atom. The fraction of sp³-hybridized carbons (Fsp3) is 1.00. The van der Waals surface area contributed by atoms with Gasteiger partial charge in [0.05, 0.1) is 6.10 Å². The molecule has 0 amide bonds. The number of halogens is 1. The number of aliphatic hydroxyl groups excluding tert-OH is 1. The molecule has 0 aromatic carbocycles. The van der Waals surface area contributed by atoms with E-state index in [1.165, 1.54) is 15.7 Å². The van der Waals surface area contributed by atoms with Crippen molar-refractivity contribution >= 4 is 21.8 Å². The van der Waals surface area contributed by atoms with Crippen molar-refractivity contribution in [3.8, 4) is 0 Å². The summed E-state index contributed by atoms with van der Waals surface area (Å²) in [6.07, 6.45) is -0.0111. The van der Waals surface area contributed by atoms with Crippen LogP contribution in [-0.4, -0.2) is 60.8 Å². The zero-order chi connectivity index (χ0) is 10.8. The van der Waals surface area contributed by atoms with Gasteiger partial charge < -0.3 is 5.11 Å². The topological polar surface area (TPSA) is 60.9 Å². The lowest BCUT2D eigenvalue weighted by molar-refractivity contribution is 0.156. The molecule has 0 aromatic heterocycles. The third-order valence-electron chi connectivity index (χ3n) is 2.19. The number of hydrogen-bond acceptors (Lipinski definition) is 3. The van der Waals surface area contributed by atoms with Gasteiger partial charge in [0.25, 0.3) is 10.2 Å². The Bertz CT molecular complexity index is 283. The van der Waals surface area contributed by atoms with Crippen LogP contribution in [0.15, 0.2) is 0 Å². The molecule has 1 aliphatic rings. The molecule has 1 unspecified atom stereocenters. The zero-order valence-corrected chi connectivity index (χ0v) is 9.63. The second kappa shape index (κ2) is 4.76. The van der Waals surface area contributed by atoms with Crippen LogP contribution in [0, 0.1) is 0 Å². The van der Waals surface area contributed by atoms with Gasteiger partial charge in [-0.3, -0.25) is 0 Å². The van der Waals surface area contributed by atoms with Gasteiger partial charge in [0, 0.05) is 32.6 Å². The normalized spacial score (nSPS) is 26.2. The summed E-state index contributed by atoms with van der Waals surface area (Å²) in [5, 5.41) is 9.27. The Hall–Kier alpha value is 0.120. The molecule has 1 N–H and O–H groups in total. The van der Waals surface area contributed by atoms with E-state index < -0.39 is 16.3 Å². The lowest BCUT2D eigenvalue weighted by Gasteiger charge is -2.33. The van der Waals surface area contributed by atoms with Crippen LogP contribution in [0.2, 0.25) is 0 Å². The molecule has 1 fully saturated rings. The van der Waals surface area contributed by atoms with Gasteiger partial charge in [0.2, 0.25) is 0 Å². The lowest BCUT2D eigenvalue weighted by atomic mass is 10.3. The van der Waals surface area contributed by atoms with Gasteiger partial charge in [-0.05, 0) is 6.42 Å². The molecule has 0 saturated carbocycles. The van der Waals surface area contributed by atoms with E-state index in [4.69, 9.17) is 11.6 Å². The smallest absolute Gasteiger partial charge is 0.281 e. The summed E-state index contributed by atoms with van der Waals surface area (Å²) >= 11 is 5.42. The monoisotopic (exact) mass is 242 g/mol. The van der Waals surface area contributed by atoms with E-state index in [0.717, 1.165) is 6.42 Å². The third-order valence-corrected chi connectivity index (χ3v) is 4.50. The summed E-state index contributed by atoms with van der Waals surface area (Å²) in [5.41, 5.74) is 0. The minimum Gasteiger partial charge on any atom is -0.391 e. The van der Waals surface area contributed by atoms with Gasteiger partial charge in [0.15, 0.2) is 0 Å². The number of nitrogens with zero attached hydrogens (tertiary/aromatic N) is 2. The lowest BCUT2D eigenvalue weighted by Crippen LogP contribution is -2.50. The SMILES string of the molecule is CN1CCCN(CC(O)CCl)S1(=O)=O. The van der Waals surface area contributed by atoms with Gasteiger partial charge in [-0.15, -0.1) is 11.6 Å². The van der Waals surface area contributed by atoms with Crippen molar-refractivity contribution in [2.45, 2.75) is 12.5 Å². The van der Waals surface area contributed by atoms with Gasteiger partial charge in [0.1, 0.15) is 0 Å². The largest absolute Gasteiger partial charge is 0.391 e. The number of hydrogen-bond donors (Lipinski definition) is 1. The maximum Gasteiger partial charge on any atom is 0.281 e. The highest BCUT2D eigenvalue weighted by Gasteiger charge is 2.31. The third kappa shape index (κ3) is 2.58. The minimum atomic E-state index is -3.36. The molecule has 1 rings (SSSR count). The van der Waals surface area contributed by atoms with Gasteiger partial charge in [-0.2, -0.15) is 17.0 Å². The predicted octanol–water partition coefficient (Wildman–Crippen LogP) is -0.532. The molecule has 7 heteroatoms. The summed E-state index contributed by atoms with van der Waals surface area (Å²) < 4.78 is 25.9. The van der Waals surface area contributed by atoms with E-state index in [0.29, 0.717) is 13.1 Å². The molecule has 5 nitrogen and oxygen atoms in total. The first kappa shape index (κ1) is 12.2. The van der Waals surface area contributed by atoms with Crippen LogP contribution >= 0.6 is 11.6 Å². The standard InChI is InChI=1S/C7H15ClN2O3S/c1-9-3-2-4-10(14(9,12)13)6-7(11)5-8/h7,11H,2-6H2,1H3. The molecule has 1 aliphatic heterocycles. The Balaban J connectivity index is 2.68. The minimum absolute atomic E-state index is 0.0513. The Morgan fingerprint density at radius 3 is 2.71 bits per heavy atom. The molecule has 0 radical (unpaired) electrons. The summed E-state index contributed by atoms with van der Waals surface area (Å²) in [6, 6.07) is 0. The summed E-state index contributed by atoms with van der Waals surface area (Å²) in [7, 11) is -1.82. The molecular weight excluding hydrogens is 228 g/mol.